The minimum Gasteiger partial charge on any atom is -0.288 e. The molecule has 1 heterocycles. The largest absolute Gasteiger partial charge is 0.417 e. The van der Waals surface area contributed by atoms with Crippen LogP contribution in [0.3, 0.4) is 0 Å². The van der Waals surface area contributed by atoms with E-state index >= 15 is 0 Å². The Labute approximate surface area is 120 Å². The normalized spacial score (nSPS) is 11.6. The number of ketones is 1. The zero-order chi connectivity index (χ0) is 14.2. The molecule has 0 aliphatic rings. The van der Waals surface area contributed by atoms with Gasteiger partial charge in [-0.25, -0.2) is 0 Å². The predicted octanol–water partition coefficient (Wildman–Crippen LogP) is 5.30. The van der Waals surface area contributed by atoms with Crippen molar-refractivity contribution in [3.8, 4) is 0 Å². The van der Waals surface area contributed by atoms with E-state index in [0.29, 0.717) is 0 Å². The van der Waals surface area contributed by atoms with Gasteiger partial charge >= 0.3 is 6.18 Å². The highest BCUT2D eigenvalue weighted by molar-refractivity contribution is 7.08. The Morgan fingerprint density at radius 2 is 1.68 bits per heavy atom. The van der Waals surface area contributed by atoms with Crippen molar-refractivity contribution < 1.29 is 18.0 Å². The van der Waals surface area contributed by atoms with Crippen LogP contribution < -0.4 is 0 Å². The van der Waals surface area contributed by atoms with Crippen LogP contribution in [-0.2, 0) is 6.18 Å². The van der Waals surface area contributed by atoms with Gasteiger partial charge in [0.1, 0.15) is 0 Å². The molecule has 0 N–H and O–H groups in total. The van der Waals surface area contributed by atoms with Crippen molar-refractivity contribution >= 4 is 40.3 Å². The molecule has 1 aromatic carbocycles. The molecule has 0 atom stereocenters. The van der Waals surface area contributed by atoms with Crippen molar-refractivity contribution in [3.05, 3.63) is 55.7 Å². The van der Waals surface area contributed by atoms with Crippen LogP contribution in [-0.4, -0.2) is 5.78 Å². The SMILES string of the molecule is O=C(c1cscc1C(F)(F)F)c1c(Cl)cccc1Cl. The van der Waals surface area contributed by atoms with Gasteiger partial charge in [0, 0.05) is 16.3 Å². The molecule has 2 rings (SSSR count). The molecule has 19 heavy (non-hydrogen) atoms. The smallest absolute Gasteiger partial charge is 0.288 e. The number of rotatable bonds is 2. The molecule has 0 bridgehead atoms. The van der Waals surface area contributed by atoms with E-state index in [9.17, 15) is 18.0 Å². The minimum atomic E-state index is -4.58. The summed E-state index contributed by atoms with van der Waals surface area (Å²) in [7, 11) is 0. The Balaban J connectivity index is 2.55. The first-order chi connectivity index (χ1) is 8.82. The van der Waals surface area contributed by atoms with Crippen LogP contribution in [0.25, 0.3) is 0 Å². The van der Waals surface area contributed by atoms with Gasteiger partial charge in [-0.2, -0.15) is 24.5 Å². The second-order valence-electron chi connectivity index (χ2n) is 3.62. The molecular formula is C12H5Cl2F3OS. The van der Waals surface area contributed by atoms with Gasteiger partial charge in [0.25, 0.3) is 0 Å². The molecule has 0 aliphatic carbocycles. The molecule has 2 aromatic rings. The number of thiophene rings is 1. The first-order valence-electron chi connectivity index (χ1n) is 4.94. The zero-order valence-corrected chi connectivity index (χ0v) is 11.4. The van der Waals surface area contributed by atoms with Gasteiger partial charge in [-0.3, -0.25) is 4.79 Å². The molecule has 0 unspecified atom stereocenters. The van der Waals surface area contributed by atoms with Crippen LogP contribution in [0.1, 0.15) is 21.5 Å². The van der Waals surface area contributed by atoms with Crippen molar-refractivity contribution in [1.82, 2.24) is 0 Å². The lowest BCUT2D eigenvalue weighted by Gasteiger charge is -2.09. The van der Waals surface area contributed by atoms with E-state index in [4.69, 9.17) is 23.2 Å². The number of benzene rings is 1. The highest BCUT2D eigenvalue weighted by Gasteiger charge is 2.36. The highest BCUT2D eigenvalue weighted by Crippen LogP contribution is 2.37. The monoisotopic (exact) mass is 324 g/mol. The van der Waals surface area contributed by atoms with Gasteiger partial charge in [0.05, 0.1) is 21.2 Å². The Bertz CT molecular complexity index is 614. The fraction of sp³-hybridized carbons (Fsp3) is 0.0833. The predicted molar refractivity (Wildman–Crippen MR) is 69.2 cm³/mol. The topological polar surface area (TPSA) is 17.1 Å². The van der Waals surface area contributed by atoms with Gasteiger partial charge in [-0.1, -0.05) is 29.3 Å². The van der Waals surface area contributed by atoms with E-state index < -0.39 is 23.1 Å². The first-order valence-corrected chi connectivity index (χ1v) is 6.64. The summed E-state index contributed by atoms with van der Waals surface area (Å²) < 4.78 is 38.2. The minimum absolute atomic E-state index is 0.0248. The second-order valence-corrected chi connectivity index (χ2v) is 5.18. The number of hydrogen-bond donors (Lipinski definition) is 0. The molecule has 0 fully saturated rings. The number of carbonyl (C=O) groups excluding carboxylic acids is 1. The third kappa shape index (κ3) is 2.78. The summed E-state index contributed by atoms with van der Waals surface area (Å²) in [4.78, 5) is 12.2. The summed E-state index contributed by atoms with van der Waals surface area (Å²) in [5.74, 6) is -0.829. The summed E-state index contributed by atoms with van der Waals surface area (Å²) in [6, 6.07) is 4.32. The maximum Gasteiger partial charge on any atom is 0.417 e. The molecule has 100 valence electrons. The third-order valence-electron chi connectivity index (χ3n) is 2.40. The summed E-state index contributed by atoms with van der Waals surface area (Å²) in [6.07, 6.45) is -4.58. The maximum absolute atomic E-state index is 12.7. The van der Waals surface area contributed by atoms with Crippen molar-refractivity contribution in [2.24, 2.45) is 0 Å². The Kier molecular flexibility index (Phi) is 3.90. The van der Waals surface area contributed by atoms with E-state index in [2.05, 4.69) is 0 Å². The Morgan fingerprint density at radius 1 is 1.11 bits per heavy atom. The van der Waals surface area contributed by atoms with E-state index in [1.165, 1.54) is 18.2 Å². The molecule has 0 saturated carbocycles. The highest BCUT2D eigenvalue weighted by atomic mass is 35.5. The Morgan fingerprint density at radius 3 is 2.21 bits per heavy atom. The fourth-order valence-corrected chi connectivity index (χ4v) is 2.95. The Hall–Kier alpha value is -1.04. The standard InChI is InChI=1S/C12H5Cl2F3OS/c13-8-2-1-3-9(14)10(8)11(18)6-4-19-5-7(6)12(15,16)17/h1-5H. The van der Waals surface area contributed by atoms with E-state index in [0.717, 1.165) is 22.1 Å². The van der Waals surface area contributed by atoms with Crippen molar-refractivity contribution in [2.75, 3.05) is 0 Å². The summed E-state index contributed by atoms with van der Waals surface area (Å²) >= 11 is 12.5. The van der Waals surface area contributed by atoms with Gasteiger partial charge in [-0.05, 0) is 12.1 Å². The van der Waals surface area contributed by atoms with E-state index in [1.807, 2.05) is 0 Å². The molecule has 0 amide bonds. The van der Waals surface area contributed by atoms with Crippen molar-refractivity contribution in [3.63, 3.8) is 0 Å². The lowest BCUT2D eigenvalue weighted by Crippen LogP contribution is -2.12. The summed E-state index contributed by atoms with van der Waals surface area (Å²) in [5.41, 5.74) is -1.53. The summed E-state index contributed by atoms with van der Waals surface area (Å²) in [6.45, 7) is 0. The average molecular weight is 325 g/mol. The molecular weight excluding hydrogens is 320 g/mol. The van der Waals surface area contributed by atoms with Crippen molar-refractivity contribution in [1.29, 1.82) is 0 Å². The number of hydrogen-bond acceptors (Lipinski definition) is 2. The third-order valence-corrected chi connectivity index (χ3v) is 3.78. The molecule has 0 aliphatic heterocycles. The zero-order valence-electron chi connectivity index (χ0n) is 9.09. The number of alkyl halides is 3. The molecule has 0 radical (unpaired) electrons. The lowest BCUT2D eigenvalue weighted by molar-refractivity contribution is -0.137. The van der Waals surface area contributed by atoms with Crippen LogP contribution in [0.5, 0.6) is 0 Å². The molecule has 0 spiro atoms. The maximum atomic E-state index is 12.7. The van der Waals surface area contributed by atoms with Gasteiger partial charge in [0.15, 0.2) is 5.78 Å². The second kappa shape index (κ2) is 5.15. The van der Waals surface area contributed by atoms with Gasteiger partial charge in [-0.15, -0.1) is 0 Å². The van der Waals surface area contributed by atoms with Crippen LogP contribution in [0, 0.1) is 0 Å². The van der Waals surface area contributed by atoms with Crippen LogP contribution >= 0.6 is 34.5 Å². The molecule has 1 nitrogen and oxygen atoms in total. The average Bonchev–Trinajstić information content (AvgIpc) is 2.76. The quantitative estimate of drug-likeness (QED) is 0.684. The molecule has 7 heteroatoms. The first kappa shape index (κ1) is 14.4. The number of halogens is 5. The lowest BCUT2D eigenvalue weighted by atomic mass is 10.0. The van der Waals surface area contributed by atoms with Crippen LogP contribution in [0.4, 0.5) is 13.2 Å². The van der Waals surface area contributed by atoms with E-state index in [-0.39, 0.29) is 15.6 Å². The van der Waals surface area contributed by atoms with Crippen LogP contribution in [0.15, 0.2) is 29.0 Å². The molecule has 0 saturated heterocycles. The number of carbonyl (C=O) groups is 1. The summed E-state index contributed by atoms with van der Waals surface area (Å²) in [5, 5.41) is 2.08. The van der Waals surface area contributed by atoms with Crippen molar-refractivity contribution in [2.45, 2.75) is 6.18 Å². The van der Waals surface area contributed by atoms with E-state index in [1.54, 1.807) is 0 Å². The molecule has 1 aromatic heterocycles. The van der Waals surface area contributed by atoms with Gasteiger partial charge in [0.2, 0.25) is 0 Å². The van der Waals surface area contributed by atoms with Gasteiger partial charge < -0.3 is 0 Å². The van der Waals surface area contributed by atoms with Crippen LogP contribution in [0.2, 0.25) is 10.0 Å². The fourth-order valence-electron chi connectivity index (χ4n) is 1.54.